The van der Waals surface area contributed by atoms with Crippen molar-refractivity contribution in [1.82, 2.24) is 5.43 Å². The van der Waals surface area contributed by atoms with Gasteiger partial charge in [-0.3, -0.25) is 5.84 Å². The van der Waals surface area contributed by atoms with Crippen molar-refractivity contribution >= 4 is 43.2 Å². The van der Waals surface area contributed by atoms with Crippen LogP contribution in [0.15, 0.2) is 31.8 Å². The molecule has 0 saturated heterocycles. The number of halogens is 4. The zero-order chi connectivity index (χ0) is 13.3. The second-order valence-corrected chi connectivity index (χ2v) is 7.26. The first-order valence-electron chi connectivity index (χ1n) is 4.89. The van der Waals surface area contributed by atoms with Gasteiger partial charge in [0.15, 0.2) is 0 Å². The van der Waals surface area contributed by atoms with Gasteiger partial charge in [-0.05, 0) is 50.1 Å². The second kappa shape index (κ2) is 5.75. The predicted octanol–water partition coefficient (Wildman–Crippen LogP) is 4.10. The van der Waals surface area contributed by atoms with Gasteiger partial charge in [0.05, 0.1) is 13.6 Å². The van der Waals surface area contributed by atoms with Crippen molar-refractivity contribution < 1.29 is 8.78 Å². The van der Waals surface area contributed by atoms with Crippen LogP contribution in [0.5, 0.6) is 0 Å². The summed E-state index contributed by atoms with van der Waals surface area (Å²) in [6.45, 7) is 0. The van der Waals surface area contributed by atoms with Gasteiger partial charge >= 0.3 is 0 Å². The fourth-order valence-corrected chi connectivity index (χ4v) is 4.57. The maximum atomic E-state index is 13.8. The lowest BCUT2D eigenvalue weighted by atomic mass is 10.0. The molecule has 0 aliphatic rings. The normalized spacial score (nSPS) is 12.7. The molecular formula is C11H8Br2F2N2S. The number of nitrogens with one attached hydrogen (secondary N) is 1. The number of hydrogen-bond acceptors (Lipinski definition) is 3. The molecule has 0 aliphatic heterocycles. The van der Waals surface area contributed by atoms with Gasteiger partial charge in [0.25, 0.3) is 0 Å². The Labute approximate surface area is 123 Å². The fraction of sp³-hybridized carbons (Fsp3) is 0.0909. The van der Waals surface area contributed by atoms with Crippen LogP contribution < -0.4 is 11.3 Å². The van der Waals surface area contributed by atoms with Crippen LogP contribution in [0.1, 0.15) is 17.2 Å². The Morgan fingerprint density at radius 3 is 2.28 bits per heavy atom. The van der Waals surface area contributed by atoms with Gasteiger partial charge in [0, 0.05) is 11.1 Å². The first-order chi connectivity index (χ1) is 8.54. The summed E-state index contributed by atoms with van der Waals surface area (Å²) in [7, 11) is 0. The highest BCUT2D eigenvalue weighted by Crippen LogP contribution is 2.38. The molecule has 1 aromatic carbocycles. The summed E-state index contributed by atoms with van der Waals surface area (Å²) in [4.78, 5) is 0. The molecule has 0 fully saturated rings. The first kappa shape index (κ1) is 14.1. The molecule has 1 heterocycles. The maximum absolute atomic E-state index is 13.8. The van der Waals surface area contributed by atoms with E-state index in [4.69, 9.17) is 5.84 Å². The van der Waals surface area contributed by atoms with E-state index in [9.17, 15) is 8.78 Å². The van der Waals surface area contributed by atoms with Crippen LogP contribution in [0.25, 0.3) is 0 Å². The summed E-state index contributed by atoms with van der Waals surface area (Å²) >= 11 is 8.09. The lowest BCUT2D eigenvalue weighted by molar-refractivity contribution is 0.510. The van der Waals surface area contributed by atoms with E-state index in [0.717, 1.165) is 7.57 Å². The van der Waals surface area contributed by atoms with Crippen LogP contribution in [0.2, 0.25) is 0 Å². The van der Waals surface area contributed by atoms with Gasteiger partial charge in [-0.2, -0.15) is 0 Å². The quantitative estimate of drug-likeness (QED) is 0.604. The number of hydrazine groups is 1. The Bertz CT molecular complexity index is 554. The van der Waals surface area contributed by atoms with Crippen LogP contribution >= 0.6 is 43.2 Å². The highest BCUT2D eigenvalue weighted by atomic mass is 79.9. The highest BCUT2D eigenvalue weighted by Gasteiger charge is 2.24. The third-order valence-corrected chi connectivity index (χ3v) is 4.83. The maximum Gasteiger partial charge on any atom is 0.131 e. The number of rotatable bonds is 3. The van der Waals surface area contributed by atoms with Crippen molar-refractivity contribution in [3.8, 4) is 0 Å². The summed E-state index contributed by atoms with van der Waals surface area (Å²) in [5.74, 6) is 4.17. The lowest BCUT2D eigenvalue weighted by Gasteiger charge is -2.17. The molecule has 96 valence electrons. The van der Waals surface area contributed by atoms with Crippen molar-refractivity contribution in [2.75, 3.05) is 0 Å². The van der Waals surface area contributed by atoms with Crippen LogP contribution in [0.4, 0.5) is 8.78 Å². The SMILES string of the molecule is NNC(c1cc(Br)sc1Br)c1c(F)cccc1F. The highest BCUT2D eigenvalue weighted by molar-refractivity contribution is 9.12. The van der Waals surface area contributed by atoms with E-state index in [1.165, 1.54) is 29.5 Å². The Morgan fingerprint density at radius 1 is 1.22 bits per heavy atom. The van der Waals surface area contributed by atoms with E-state index < -0.39 is 17.7 Å². The van der Waals surface area contributed by atoms with E-state index in [0.29, 0.717) is 5.56 Å². The number of benzene rings is 1. The Kier molecular flexibility index (Phi) is 4.50. The van der Waals surface area contributed by atoms with Gasteiger partial charge < -0.3 is 0 Å². The summed E-state index contributed by atoms with van der Waals surface area (Å²) in [6, 6.07) is 4.75. The molecule has 7 heteroatoms. The fourth-order valence-electron chi connectivity index (χ4n) is 1.66. The largest absolute Gasteiger partial charge is 0.271 e. The van der Waals surface area contributed by atoms with E-state index in [2.05, 4.69) is 37.3 Å². The van der Waals surface area contributed by atoms with Crippen LogP contribution in [-0.2, 0) is 0 Å². The van der Waals surface area contributed by atoms with Gasteiger partial charge in [-0.25, -0.2) is 14.2 Å². The summed E-state index contributed by atoms with van der Waals surface area (Å²) < 4.78 is 29.1. The van der Waals surface area contributed by atoms with E-state index in [1.54, 1.807) is 6.07 Å². The minimum atomic E-state index is -0.747. The van der Waals surface area contributed by atoms with Gasteiger partial charge in [0.2, 0.25) is 0 Å². The van der Waals surface area contributed by atoms with Crippen molar-refractivity contribution in [2.24, 2.45) is 5.84 Å². The standard InChI is InChI=1S/C11H8Br2F2N2S/c12-8-4-5(11(13)18-8)10(17-16)9-6(14)2-1-3-7(9)15/h1-4,10,17H,16H2. The summed E-state index contributed by atoms with van der Waals surface area (Å²) in [6.07, 6.45) is 0. The predicted molar refractivity (Wildman–Crippen MR) is 75.2 cm³/mol. The molecule has 2 nitrogen and oxygen atoms in total. The van der Waals surface area contributed by atoms with Gasteiger partial charge in [0.1, 0.15) is 11.6 Å². The van der Waals surface area contributed by atoms with Crippen LogP contribution in [-0.4, -0.2) is 0 Å². The van der Waals surface area contributed by atoms with E-state index in [1.807, 2.05) is 0 Å². The number of nitrogens with two attached hydrogens (primary N) is 1. The Hall–Kier alpha value is -0.340. The Morgan fingerprint density at radius 2 is 1.83 bits per heavy atom. The summed E-state index contributed by atoms with van der Waals surface area (Å²) in [5.41, 5.74) is 3.03. The monoisotopic (exact) mass is 396 g/mol. The molecule has 0 amide bonds. The molecule has 2 rings (SSSR count). The zero-order valence-corrected chi connectivity index (χ0v) is 12.9. The average Bonchev–Trinajstić information content (AvgIpc) is 2.63. The zero-order valence-electron chi connectivity index (χ0n) is 8.88. The van der Waals surface area contributed by atoms with E-state index >= 15 is 0 Å². The molecule has 0 radical (unpaired) electrons. The molecule has 1 aromatic heterocycles. The van der Waals surface area contributed by atoms with Crippen molar-refractivity contribution in [2.45, 2.75) is 6.04 Å². The van der Waals surface area contributed by atoms with Crippen molar-refractivity contribution in [3.63, 3.8) is 0 Å². The van der Waals surface area contributed by atoms with Crippen LogP contribution in [0, 0.1) is 11.6 Å². The van der Waals surface area contributed by atoms with Gasteiger partial charge in [-0.1, -0.05) is 6.07 Å². The Balaban J connectivity index is 2.55. The molecule has 0 saturated carbocycles. The number of hydrogen-bond donors (Lipinski definition) is 2. The lowest BCUT2D eigenvalue weighted by Crippen LogP contribution is -2.30. The van der Waals surface area contributed by atoms with E-state index in [-0.39, 0.29) is 5.56 Å². The average molecular weight is 398 g/mol. The topological polar surface area (TPSA) is 38.0 Å². The molecular weight excluding hydrogens is 390 g/mol. The van der Waals surface area contributed by atoms with Crippen molar-refractivity contribution in [1.29, 1.82) is 0 Å². The smallest absolute Gasteiger partial charge is 0.131 e. The first-order valence-corrected chi connectivity index (χ1v) is 7.29. The minimum Gasteiger partial charge on any atom is -0.271 e. The van der Waals surface area contributed by atoms with Gasteiger partial charge in [-0.15, -0.1) is 11.3 Å². The third kappa shape index (κ3) is 2.65. The third-order valence-electron chi connectivity index (χ3n) is 2.45. The molecule has 3 N–H and O–H groups in total. The molecule has 0 spiro atoms. The van der Waals surface area contributed by atoms with Crippen LogP contribution in [0.3, 0.4) is 0 Å². The number of thiophene rings is 1. The second-order valence-electron chi connectivity index (χ2n) is 3.51. The molecule has 1 unspecified atom stereocenters. The molecule has 0 bridgehead atoms. The molecule has 2 aromatic rings. The molecule has 0 aliphatic carbocycles. The molecule has 1 atom stereocenters. The molecule has 18 heavy (non-hydrogen) atoms. The summed E-state index contributed by atoms with van der Waals surface area (Å²) in [5, 5.41) is 0. The van der Waals surface area contributed by atoms with Crippen molar-refractivity contribution in [3.05, 3.63) is 54.6 Å². The minimum absolute atomic E-state index is 0.0917.